The van der Waals surface area contributed by atoms with E-state index in [9.17, 15) is 5.11 Å². The molecule has 1 atom stereocenters. The molecule has 0 saturated carbocycles. The summed E-state index contributed by atoms with van der Waals surface area (Å²) in [7, 11) is 0. The summed E-state index contributed by atoms with van der Waals surface area (Å²) in [4.78, 5) is 0. The van der Waals surface area contributed by atoms with Crippen LogP contribution >= 0.6 is 0 Å². The van der Waals surface area contributed by atoms with Crippen molar-refractivity contribution in [3.8, 4) is 5.75 Å². The lowest BCUT2D eigenvalue weighted by atomic mass is 9.74. The van der Waals surface area contributed by atoms with Crippen molar-refractivity contribution in [1.29, 1.82) is 0 Å². The van der Waals surface area contributed by atoms with Crippen LogP contribution in [0, 0.1) is 19.3 Å². The van der Waals surface area contributed by atoms with Gasteiger partial charge in [0.15, 0.2) is 0 Å². The first kappa shape index (κ1) is 13.1. The van der Waals surface area contributed by atoms with Crippen molar-refractivity contribution in [2.75, 3.05) is 0 Å². The van der Waals surface area contributed by atoms with Gasteiger partial charge in [0, 0.05) is 0 Å². The molecule has 0 saturated heterocycles. The van der Waals surface area contributed by atoms with Crippen molar-refractivity contribution in [3.63, 3.8) is 0 Å². The normalized spacial score (nSPS) is 13.9. The number of aryl methyl sites for hydroxylation is 2. The second-order valence-corrected chi connectivity index (χ2v) is 5.57. The van der Waals surface area contributed by atoms with Crippen molar-refractivity contribution >= 4 is 0 Å². The minimum Gasteiger partial charge on any atom is -0.507 e. The summed E-state index contributed by atoms with van der Waals surface area (Å²) >= 11 is 0. The minimum atomic E-state index is 0.301. The Bertz CT molecular complexity index is 354. The van der Waals surface area contributed by atoms with Crippen molar-refractivity contribution in [2.45, 2.75) is 53.9 Å². The molecule has 0 bridgehead atoms. The van der Waals surface area contributed by atoms with Crippen LogP contribution in [-0.2, 0) is 0 Å². The van der Waals surface area contributed by atoms with E-state index < -0.39 is 0 Å². The largest absolute Gasteiger partial charge is 0.507 e. The monoisotopic (exact) mass is 220 g/mol. The van der Waals surface area contributed by atoms with E-state index >= 15 is 0 Å². The van der Waals surface area contributed by atoms with Crippen LogP contribution < -0.4 is 0 Å². The zero-order chi connectivity index (χ0) is 12.5. The first-order valence-corrected chi connectivity index (χ1v) is 6.09. The van der Waals surface area contributed by atoms with E-state index in [1.807, 2.05) is 13.8 Å². The fraction of sp³-hybridized carbons (Fsp3) is 0.600. The van der Waals surface area contributed by atoms with Crippen molar-refractivity contribution in [1.82, 2.24) is 0 Å². The first-order valence-electron chi connectivity index (χ1n) is 6.09. The number of benzene rings is 1. The third kappa shape index (κ3) is 2.40. The number of rotatable bonds is 3. The molecule has 0 aliphatic rings. The fourth-order valence-electron chi connectivity index (χ4n) is 2.00. The van der Waals surface area contributed by atoms with Crippen LogP contribution in [0.1, 0.15) is 56.7 Å². The van der Waals surface area contributed by atoms with Gasteiger partial charge in [-0.05, 0) is 41.9 Å². The molecule has 0 spiro atoms. The Morgan fingerprint density at radius 1 is 1.19 bits per heavy atom. The van der Waals surface area contributed by atoms with Gasteiger partial charge < -0.3 is 5.11 Å². The van der Waals surface area contributed by atoms with Gasteiger partial charge in [0.05, 0.1) is 0 Å². The highest BCUT2D eigenvalue weighted by Crippen LogP contribution is 2.39. The molecular formula is C15H24O. The molecule has 90 valence electrons. The third-order valence-corrected chi connectivity index (χ3v) is 4.10. The molecule has 1 rings (SSSR count). The van der Waals surface area contributed by atoms with Gasteiger partial charge >= 0.3 is 0 Å². The summed E-state index contributed by atoms with van der Waals surface area (Å²) in [6.45, 7) is 13.0. The van der Waals surface area contributed by atoms with Crippen LogP contribution in [0.4, 0.5) is 0 Å². The number of hydrogen-bond acceptors (Lipinski definition) is 1. The quantitative estimate of drug-likeness (QED) is 0.792. The predicted octanol–water partition coefficient (Wildman–Crippen LogP) is 4.55. The standard InChI is InChI=1S/C15H24O/c1-7-15(5,6)12(4)13-8-10(2)14(16)11(3)9-13/h8-9,12,16H,7H2,1-6H3. The highest BCUT2D eigenvalue weighted by molar-refractivity contribution is 5.43. The molecule has 0 aliphatic carbocycles. The van der Waals surface area contributed by atoms with Crippen molar-refractivity contribution in [2.24, 2.45) is 5.41 Å². The molecule has 0 amide bonds. The zero-order valence-electron chi connectivity index (χ0n) is 11.4. The van der Waals surface area contributed by atoms with Crippen molar-refractivity contribution < 1.29 is 5.11 Å². The van der Waals surface area contributed by atoms with E-state index in [1.54, 1.807) is 0 Å². The molecule has 1 aromatic carbocycles. The van der Waals surface area contributed by atoms with Crippen molar-refractivity contribution in [3.05, 3.63) is 28.8 Å². The predicted molar refractivity (Wildman–Crippen MR) is 70.1 cm³/mol. The van der Waals surface area contributed by atoms with Gasteiger partial charge in [-0.3, -0.25) is 0 Å². The Morgan fingerprint density at radius 3 is 2.00 bits per heavy atom. The van der Waals surface area contributed by atoms with E-state index in [4.69, 9.17) is 0 Å². The molecule has 1 heteroatoms. The number of phenols is 1. The lowest BCUT2D eigenvalue weighted by Crippen LogP contribution is -2.18. The van der Waals surface area contributed by atoms with E-state index in [0.717, 1.165) is 17.5 Å². The molecule has 0 aliphatic heterocycles. The van der Waals surface area contributed by atoms with Gasteiger partial charge in [-0.1, -0.05) is 46.2 Å². The van der Waals surface area contributed by atoms with Crippen LogP contribution in [0.25, 0.3) is 0 Å². The summed E-state index contributed by atoms with van der Waals surface area (Å²) in [5.74, 6) is 0.945. The van der Waals surface area contributed by atoms with E-state index in [2.05, 4.69) is 39.8 Å². The highest BCUT2D eigenvalue weighted by atomic mass is 16.3. The molecule has 0 heterocycles. The maximum atomic E-state index is 9.77. The molecule has 1 unspecified atom stereocenters. The fourth-order valence-corrected chi connectivity index (χ4v) is 2.00. The van der Waals surface area contributed by atoms with Gasteiger partial charge in [-0.25, -0.2) is 0 Å². The first-order chi connectivity index (χ1) is 7.29. The van der Waals surface area contributed by atoms with E-state index in [0.29, 0.717) is 17.1 Å². The molecule has 1 aromatic rings. The molecule has 0 radical (unpaired) electrons. The topological polar surface area (TPSA) is 20.2 Å². The minimum absolute atomic E-state index is 0.301. The lowest BCUT2D eigenvalue weighted by molar-refractivity contribution is 0.288. The van der Waals surface area contributed by atoms with Gasteiger partial charge in [-0.2, -0.15) is 0 Å². The Hall–Kier alpha value is -0.980. The number of aromatic hydroxyl groups is 1. The van der Waals surface area contributed by atoms with Gasteiger partial charge in [-0.15, -0.1) is 0 Å². The smallest absolute Gasteiger partial charge is 0.121 e. The maximum Gasteiger partial charge on any atom is 0.121 e. The molecule has 1 N–H and O–H groups in total. The third-order valence-electron chi connectivity index (χ3n) is 4.10. The van der Waals surface area contributed by atoms with Crippen LogP contribution in [-0.4, -0.2) is 5.11 Å². The van der Waals surface area contributed by atoms with E-state index in [1.165, 1.54) is 5.56 Å². The van der Waals surface area contributed by atoms with Gasteiger partial charge in [0.1, 0.15) is 5.75 Å². The number of phenolic OH excluding ortho intramolecular Hbond substituents is 1. The summed E-state index contributed by atoms with van der Waals surface area (Å²) in [6.07, 6.45) is 1.16. The second-order valence-electron chi connectivity index (χ2n) is 5.57. The Labute approximate surface area is 99.5 Å². The Morgan fingerprint density at radius 2 is 1.62 bits per heavy atom. The summed E-state index contributed by atoms with van der Waals surface area (Å²) in [6, 6.07) is 4.23. The van der Waals surface area contributed by atoms with Crippen LogP contribution in [0.15, 0.2) is 12.1 Å². The maximum absolute atomic E-state index is 9.77. The van der Waals surface area contributed by atoms with Crippen LogP contribution in [0.2, 0.25) is 0 Å². The van der Waals surface area contributed by atoms with Gasteiger partial charge in [0.2, 0.25) is 0 Å². The zero-order valence-corrected chi connectivity index (χ0v) is 11.4. The highest BCUT2D eigenvalue weighted by Gasteiger charge is 2.25. The Kier molecular flexibility index (Phi) is 3.67. The molecule has 0 aromatic heterocycles. The summed E-state index contributed by atoms with van der Waals surface area (Å²) < 4.78 is 0. The lowest BCUT2D eigenvalue weighted by Gasteiger charge is -2.31. The van der Waals surface area contributed by atoms with E-state index in [-0.39, 0.29) is 0 Å². The Balaban J connectivity index is 3.15. The van der Waals surface area contributed by atoms with Gasteiger partial charge in [0.25, 0.3) is 0 Å². The van der Waals surface area contributed by atoms with Crippen LogP contribution in [0.3, 0.4) is 0 Å². The average Bonchev–Trinajstić information content (AvgIpc) is 2.24. The molecule has 1 nitrogen and oxygen atoms in total. The average molecular weight is 220 g/mol. The van der Waals surface area contributed by atoms with Crippen LogP contribution in [0.5, 0.6) is 5.75 Å². The number of hydrogen-bond donors (Lipinski definition) is 1. The molecular weight excluding hydrogens is 196 g/mol. The summed E-state index contributed by atoms with van der Waals surface area (Å²) in [5, 5.41) is 9.77. The molecule has 16 heavy (non-hydrogen) atoms. The SMILES string of the molecule is CCC(C)(C)C(C)c1cc(C)c(O)c(C)c1. The summed E-state index contributed by atoms with van der Waals surface area (Å²) in [5.41, 5.74) is 3.60. The second kappa shape index (κ2) is 4.48. The molecule has 0 fully saturated rings.